The molecule has 0 spiro atoms. The van der Waals surface area contributed by atoms with Crippen molar-refractivity contribution in [2.24, 2.45) is 0 Å². The number of halogens is 3. The Bertz CT molecular complexity index is 1250. The van der Waals surface area contributed by atoms with Gasteiger partial charge >= 0.3 is 6.18 Å². The van der Waals surface area contributed by atoms with Crippen LogP contribution in [-0.2, 0) is 6.18 Å². The van der Waals surface area contributed by atoms with Gasteiger partial charge in [-0.1, -0.05) is 18.2 Å². The Hall–Kier alpha value is -3.95. The Morgan fingerprint density at radius 3 is 2.52 bits per heavy atom. The van der Waals surface area contributed by atoms with Gasteiger partial charge in [-0.15, -0.1) is 0 Å². The molecule has 7 nitrogen and oxygen atoms in total. The van der Waals surface area contributed by atoms with Crippen LogP contribution >= 0.6 is 0 Å². The van der Waals surface area contributed by atoms with E-state index in [1.54, 1.807) is 18.2 Å². The minimum absolute atomic E-state index is 0.139. The topological polar surface area (TPSA) is 107 Å². The molecule has 0 saturated carbocycles. The minimum Gasteiger partial charge on any atom is -0.437 e. The number of hydrogen-bond donors (Lipinski definition) is 2. The monoisotopic (exact) mass is 399 g/mol. The van der Waals surface area contributed by atoms with Gasteiger partial charge in [0.05, 0.1) is 16.8 Å². The normalized spacial score (nSPS) is 11.6. The second-order valence-corrected chi connectivity index (χ2v) is 6.02. The maximum absolute atomic E-state index is 12.7. The molecule has 146 valence electrons. The average molecular weight is 399 g/mol. The summed E-state index contributed by atoms with van der Waals surface area (Å²) in [5.41, 5.74) is 5.82. The smallest absolute Gasteiger partial charge is 0.416 e. The van der Waals surface area contributed by atoms with Gasteiger partial charge in [-0.25, -0.2) is 15.0 Å². The van der Waals surface area contributed by atoms with Crippen molar-refractivity contribution in [3.05, 3.63) is 70.8 Å². The van der Waals surface area contributed by atoms with Crippen molar-refractivity contribution in [1.82, 2.24) is 19.9 Å². The van der Waals surface area contributed by atoms with E-state index < -0.39 is 17.3 Å². The number of aromatic nitrogens is 4. The van der Waals surface area contributed by atoms with Crippen molar-refractivity contribution < 1.29 is 17.9 Å². The maximum atomic E-state index is 12.7. The largest absolute Gasteiger partial charge is 0.437 e. The van der Waals surface area contributed by atoms with Gasteiger partial charge < -0.3 is 15.5 Å². The molecule has 0 aliphatic heterocycles. The molecule has 2 heterocycles. The molecule has 4 rings (SSSR count). The Labute approximate surface area is 161 Å². The third-order valence-electron chi connectivity index (χ3n) is 4.08. The molecule has 0 unspecified atom stereocenters. The second-order valence-electron chi connectivity index (χ2n) is 6.02. The number of ether oxygens (including phenoxy) is 1. The van der Waals surface area contributed by atoms with Gasteiger partial charge in [0.25, 0.3) is 5.56 Å². The number of alkyl halides is 3. The summed E-state index contributed by atoms with van der Waals surface area (Å²) in [6, 6.07) is 11.0. The molecule has 0 aliphatic carbocycles. The fourth-order valence-corrected chi connectivity index (χ4v) is 2.68. The number of H-pyrrole nitrogens is 1. The molecule has 0 saturated heterocycles. The molecule has 29 heavy (non-hydrogen) atoms. The van der Waals surface area contributed by atoms with E-state index in [4.69, 9.17) is 10.5 Å². The molecule has 10 heteroatoms. The molecule has 2 aromatic heterocycles. The SMILES string of the molecule is Nc1nc2cccc(Oc3cc(-c4ccc(C(F)(F)F)cc4)ncn3)c2[nH]c1=O. The molecule has 0 aliphatic rings. The van der Waals surface area contributed by atoms with Crippen molar-refractivity contribution in [3.8, 4) is 22.9 Å². The number of nitrogen functional groups attached to an aromatic ring is 1. The first kappa shape index (κ1) is 18.4. The summed E-state index contributed by atoms with van der Waals surface area (Å²) in [6.45, 7) is 0. The number of benzene rings is 2. The summed E-state index contributed by atoms with van der Waals surface area (Å²) < 4.78 is 43.9. The van der Waals surface area contributed by atoms with E-state index in [0.29, 0.717) is 22.3 Å². The summed E-state index contributed by atoms with van der Waals surface area (Å²) in [7, 11) is 0. The van der Waals surface area contributed by atoms with Crippen LogP contribution in [0.2, 0.25) is 0 Å². The quantitative estimate of drug-likeness (QED) is 0.543. The third kappa shape index (κ3) is 3.72. The van der Waals surface area contributed by atoms with Gasteiger partial charge in [0, 0.05) is 11.6 Å². The molecule has 3 N–H and O–H groups in total. The lowest BCUT2D eigenvalue weighted by Gasteiger charge is -2.10. The lowest BCUT2D eigenvalue weighted by Crippen LogP contribution is -2.14. The number of rotatable bonds is 3. The Morgan fingerprint density at radius 1 is 1.03 bits per heavy atom. The van der Waals surface area contributed by atoms with E-state index in [-0.39, 0.29) is 17.4 Å². The molecule has 0 radical (unpaired) electrons. The molecule has 0 amide bonds. The predicted molar refractivity (Wildman–Crippen MR) is 99.3 cm³/mol. The van der Waals surface area contributed by atoms with Crippen LogP contribution in [0.1, 0.15) is 5.56 Å². The summed E-state index contributed by atoms with van der Waals surface area (Å²) in [5.74, 6) is 0.255. The molecule has 0 bridgehead atoms. The summed E-state index contributed by atoms with van der Waals surface area (Å²) >= 11 is 0. The van der Waals surface area contributed by atoms with Crippen molar-refractivity contribution in [3.63, 3.8) is 0 Å². The second kappa shape index (κ2) is 6.89. The minimum atomic E-state index is -4.42. The van der Waals surface area contributed by atoms with E-state index in [0.717, 1.165) is 12.1 Å². The summed E-state index contributed by atoms with van der Waals surface area (Å²) in [6.07, 6.45) is -3.19. The van der Waals surface area contributed by atoms with Crippen molar-refractivity contribution in [1.29, 1.82) is 0 Å². The number of nitrogens with zero attached hydrogens (tertiary/aromatic N) is 3. The predicted octanol–water partition coefficient (Wildman–Crippen LogP) is 3.77. The van der Waals surface area contributed by atoms with Crippen LogP contribution in [0.5, 0.6) is 11.6 Å². The van der Waals surface area contributed by atoms with Crippen LogP contribution in [0, 0.1) is 0 Å². The van der Waals surface area contributed by atoms with Gasteiger partial charge in [-0.2, -0.15) is 13.2 Å². The number of aromatic amines is 1. The number of anilines is 1. The molecule has 0 atom stereocenters. The Balaban J connectivity index is 1.68. The highest BCUT2D eigenvalue weighted by Gasteiger charge is 2.30. The van der Waals surface area contributed by atoms with E-state index >= 15 is 0 Å². The zero-order valence-corrected chi connectivity index (χ0v) is 14.6. The molecule has 4 aromatic rings. The van der Waals surface area contributed by atoms with Crippen molar-refractivity contribution >= 4 is 16.9 Å². The van der Waals surface area contributed by atoms with Crippen LogP contribution < -0.4 is 16.0 Å². The fraction of sp³-hybridized carbons (Fsp3) is 0.0526. The first-order valence-corrected chi connectivity index (χ1v) is 8.27. The first-order chi connectivity index (χ1) is 13.8. The summed E-state index contributed by atoms with van der Waals surface area (Å²) in [5, 5.41) is 0. The summed E-state index contributed by atoms with van der Waals surface area (Å²) in [4.78, 5) is 26.5. The van der Waals surface area contributed by atoms with Crippen LogP contribution in [0.4, 0.5) is 19.0 Å². The number of hydrogen-bond acceptors (Lipinski definition) is 6. The van der Waals surface area contributed by atoms with E-state index in [2.05, 4.69) is 19.9 Å². The van der Waals surface area contributed by atoms with Crippen molar-refractivity contribution in [2.45, 2.75) is 6.18 Å². The molecular formula is C19H12F3N5O2. The highest BCUT2D eigenvalue weighted by Crippen LogP contribution is 2.32. The first-order valence-electron chi connectivity index (χ1n) is 8.27. The molecular weight excluding hydrogens is 387 g/mol. The number of para-hydroxylation sites is 1. The van der Waals surface area contributed by atoms with Gasteiger partial charge in [0.1, 0.15) is 11.8 Å². The van der Waals surface area contributed by atoms with Gasteiger partial charge in [-0.05, 0) is 24.3 Å². The highest BCUT2D eigenvalue weighted by atomic mass is 19.4. The van der Waals surface area contributed by atoms with E-state index in [1.807, 2.05) is 0 Å². The lowest BCUT2D eigenvalue weighted by atomic mass is 10.1. The maximum Gasteiger partial charge on any atom is 0.416 e. The Kier molecular flexibility index (Phi) is 4.38. The Morgan fingerprint density at radius 2 is 1.79 bits per heavy atom. The molecule has 2 aromatic carbocycles. The van der Waals surface area contributed by atoms with Gasteiger partial charge in [-0.3, -0.25) is 4.79 Å². The zero-order valence-electron chi connectivity index (χ0n) is 14.6. The van der Waals surface area contributed by atoms with Crippen LogP contribution in [-0.4, -0.2) is 19.9 Å². The van der Waals surface area contributed by atoms with Crippen LogP contribution in [0.25, 0.3) is 22.3 Å². The standard InChI is InChI=1S/C19H12F3N5O2/c20-19(21,22)11-6-4-10(5-7-11)13-8-15(25-9-24-13)29-14-3-1-2-12-16(14)27-18(28)17(23)26-12/h1-9H,(H2,23,26)(H,27,28). The van der Waals surface area contributed by atoms with E-state index in [9.17, 15) is 18.0 Å². The zero-order chi connectivity index (χ0) is 20.6. The van der Waals surface area contributed by atoms with Crippen molar-refractivity contribution in [2.75, 3.05) is 5.73 Å². The van der Waals surface area contributed by atoms with E-state index in [1.165, 1.54) is 24.5 Å². The fourth-order valence-electron chi connectivity index (χ4n) is 2.68. The lowest BCUT2D eigenvalue weighted by molar-refractivity contribution is -0.137. The number of nitrogens with two attached hydrogens (primary N) is 1. The highest BCUT2D eigenvalue weighted by molar-refractivity contribution is 5.82. The van der Waals surface area contributed by atoms with Gasteiger partial charge in [0.2, 0.25) is 5.88 Å². The van der Waals surface area contributed by atoms with Crippen LogP contribution in [0.15, 0.2) is 59.7 Å². The third-order valence-corrected chi connectivity index (χ3v) is 4.08. The van der Waals surface area contributed by atoms with Gasteiger partial charge in [0.15, 0.2) is 11.6 Å². The number of fused-ring (bicyclic) bond motifs is 1. The number of nitrogens with one attached hydrogen (secondary N) is 1. The molecule has 0 fully saturated rings. The average Bonchev–Trinajstić information content (AvgIpc) is 2.69. The van der Waals surface area contributed by atoms with Crippen LogP contribution in [0.3, 0.4) is 0 Å².